The van der Waals surface area contributed by atoms with Crippen molar-refractivity contribution in [3.63, 3.8) is 0 Å². The summed E-state index contributed by atoms with van der Waals surface area (Å²) in [7, 11) is 0. The molecule has 1 aliphatic rings. The minimum atomic E-state index is -0.519. The van der Waals surface area contributed by atoms with Gasteiger partial charge in [0, 0.05) is 31.1 Å². The third-order valence-corrected chi connectivity index (χ3v) is 5.88. The molecule has 0 bridgehead atoms. The van der Waals surface area contributed by atoms with Gasteiger partial charge in [-0.05, 0) is 42.5 Å². The van der Waals surface area contributed by atoms with Gasteiger partial charge in [0.2, 0.25) is 0 Å². The van der Waals surface area contributed by atoms with Gasteiger partial charge in [0.1, 0.15) is 5.82 Å². The van der Waals surface area contributed by atoms with E-state index >= 15 is 0 Å². The van der Waals surface area contributed by atoms with E-state index in [4.69, 9.17) is 0 Å². The van der Waals surface area contributed by atoms with Crippen molar-refractivity contribution in [3.05, 3.63) is 65.5 Å². The summed E-state index contributed by atoms with van der Waals surface area (Å²) in [4.78, 5) is 29.6. The molecule has 1 saturated heterocycles. The van der Waals surface area contributed by atoms with Crippen molar-refractivity contribution in [1.29, 1.82) is 0 Å². The van der Waals surface area contributed by atoms with E-state index in [1.807, 2.05) is 19.1 Å². The molecule has 0 spiro atoms. The molecule has 0 aromatic heterocycles. The van der Waals surface area contributed by atoms with Crippen LogP contribution in [0.1, 0.15) is 35.8 Å². The lowest BCUT2D eigenvalue weighted by Crippen LogP contribution is -2.53. The van der Waals surface area contributed by atoms with Crippen LogP contribution in [0, 0.1) is 5.82 Å². The molecule has 1 atom stereocenters. The second-order valence-corrected chi connectivity index (χ2v) is 8.27. The first-order chi connectivity index (χ1) is 14.0. The highest BCUT2D eigenvalue weighted by atomic mass is 32.2. The Hall–Kier alpha value is -2.54. The number of nitrogens with zero attached hydrogens (tertiary/aromatic N) is 2. The van der Waals surface area contributed by atoms with Crippen LogP contribution in [0.3, 0.4) is 0 Å². The first-order valence-electron chi connectivity index (χ1n) is 9.81. The van der Waals surface area contributed by atoms with E-state index in [0.29, 0.717) is 26.2 Å². The van der Waals surface area contributed by atoms with Crippen molar-refractivity contribution in [2.75, 3.05) is 31.9 Å². The van der Waals surface area contributed by atoms with Gasteiger partial charge in [0.15, 0.2) is 0 Å². The molecule has 0 aliphatic carbocycles. The van der Waals surface area contributed by atoms with Gasteiger partial charge < -0.3 is 15.1 Å². The monoisotopic (exact) mass is 415 g/mol. The summed E-state index contributed by atoms with van der Waals surface area (Å²) in [6, 6.07) is 13.9. The Morgan fingerprint density at radius 2 is 1.66 bits per heavy atom. The van der Waals surface area contributed by atoms with Crippen LogP contribution < -0.4 is 5.32 Å². The standard InChI is InChI=1S/C22H26FN3O2S/c1-3-29-18-10-8-17(9-11-18)16(2)24-22(28)26-14-12-25(13-15-26)21(27)19-6-4-5-7-20(19)23/h4-11,16H,3,12-15H2,1-2H3,(H,24,28). The summed E-state index contributed by atoms with van der Waals surface area (Å²) in [5, 5.41) is 3.02. The van der Waals surface area contributed by atoms with Crippen molar-refractivity contribution < 1.29 is 14.0 Å². The van der Waals surface area contributed by atoms with E-state index < -0.39 is 5.82 Å². The van der Waals surface area contributed by atoms with Crippen LogP contribution in [-0.2, 0) is 0 Å². The molecule has 154 valence electrons. The number of hydrogen-bond donors (Lipinski definition) is 1. The fourth-order valence-corrected chi connectivity index (χ4v) is 3.96. The lowest BCUT2D eigenvalue weighted by molar-refractivity contribution is 0.0659. The first-order valence-corrected chi connectivity index (χ1v) is 10.8. The smallest absolute Gasteiger partial charge is 0.317 e. The zero-order valence-corrected chi connectivity index (χ0v) is 17.5. The minimum Gasteiger partial charge on any atom is -0.335 e. The average Bonchev–Trinajstić information content (AvgIpc) is 2.74. The van der Waals surface area contributed by atoms with Gasteiger partial charge in [-0.1, -0.05) is 31.2 Å². The van der Waals surface area contributed by atoms with Crippen molar-refractivity contribution in [2.45, 2.75) is 24.8 Å². The summed E-state index contributed by atoms with van der Waals surface area (Å²) in [5.74, 6) is 0.174. The Bertz CT molecular complexity index is 851. The van der Waals surface area contributed by atoms with Crippen molar-refractivity contribution in [2.24, 2.45) is 0 Å². The average molecular weight is 416 g/mol. The van der Waals surface area contributed by atoms with E-state index in [0.717, 1.165) is 11.3 Å². The third-order valence-electron chi connectivity index (χ3n) is 4.99. The van der Waals surface area contributed by atoms with Gasteiger partial charge in [-0.15, -0.1) is 11.8 Å². The Labute approximate surface area is 175 Å². The maximum Gasteiger partial charge on any atom is 0.317 e. The van der Waals surface area contributed by atoms with Crippen LogP contribution in [0.5, 0.6) is 0 Å². The molecule has 1 aliphatic heterocycles. The number of amides is 3. The number of carbonyl (C=O) groups is 2. The Morgan fingerprint density at radius 3 is 2.28 bits per heavy atom. The van der Waals surface area contributed by atoms with Gasteiger partial charge in [-0.25, -0.2) is 9.18 Å². The molecule has 0 saturated carbocycles. The molecular formula is C22H26FN3O2S. The molecule has 2 aromatic carbocycles. The molecule has 5 nitrogen and oxygen atoms in total. The number of hydrogen-bond acceptors (Lipinski definition) is 3. The normalized spacial score (nSPS) is 15.1. The highest BCUT2D eigenvalue weighted by Gasteiger charge is 2.26. The van der Waals surface area contributed by atoms with E-state index in [1.165, 1.54) is 17.0 Å². The Balaban J connectivity index is 1.52. The lowest BCUT2D eigenvalue weighted by Gasteiger charge is -2.35. The maximum absolute atomic E-state index is 13.8. The number of carbonyl (C=O) groups excluding carboxylic acids is 2. The van der Waals surface area contributed by atoms with Crippen LogP contribution >= 0.6 is 11.8 Å². The molecule has 1 fully saturated rings. The van der Waals surface area contributed by atoms with Gasteiger partial charge in [0.05, 0.1) is 11.6 Å². The van der Waals surface area contributed by atoms with Crippen LogP contribution in [0.15, 0.2) is 53.4 Å². The fraction of sp³-hybridized carbons (Fsp3) is 0.364. The molecule has 1 unspecified atom stereocenters. The molecule has 29 heavy (non-hydrogen) atoms. The summed E-state index contributed by atoms with van der Waals surface area (Å²) in [6.07, 6.45) is 0. The van der Waals surface area contributed by atoms with E-state index in [9.17, 15) is 14.0 Å². The largest absolute Gasteiger partial charge is 0.335 e. The zero-order valence-electron chi connectivity index (χ0n) is 16.7. The second kappa shape index (κ2) is 9.78. The highest BCUT2D eigenvalue weighted by molar-refractivity contribution is 7.99. The van der Waals surface area contributed by atoms with E-state index in [2.05, 4.69) is 24.4 Å². The van der Waals surface area contributed by atoms with Crippen molar-refractivity contribution in [3.8, 4) is 0 Å². The lowest BCUT2D eigenvalue weighted by atomic mass is 10.1. The molecule has 1 heterocycles. The van der Waals surface area contributed by atoms with E-state index in [-0.39, 0.29) is 23.5 Å². The van der Waals surface area contributed by atoms with Crippen molar-refractivity contribution >= 4 is 23.7 Å². The molecular weight excluding hydrogens is 389 g/mol. The summed E-state index contributed by atoms with van der Waals surface area (Å²) in [5.41, 5.74) is 1.12. The second-order valence-electron chi connectivity index (χ2n) is 6.93. The number of nitrogens with one attached hydrogen (secondary N) is 1. The quantitative estimate of drug-likeness (QED) is 0.746. The predicted octanol–water partition coefficient (Wildman–Crippen LogP) is 4.17. The summed E-state index contributed by atoms with van der Waals surface area (Å²) < 4.78 is 13.8. The molecule has 0 radical (unpaired) electrons. The van der Waals surface area contributed by atoms with Gasteiger partial charge in [0.25, 0.3) is 5.91 Å². The summed E-state index contributed by atoms with van der Waals surface area (Å²) >= 11 is 1.78. The Kier molecular flexibility index (Phi) is 7.14. The molecule has 3 amide bonds. The molecule has 7 heteroatoms. The molecule has 3 rings (SSSR count). The van der Waals surface area contributed by atoms with Crippen LogP contribution in [-0.4, -0.2) is 53.7 Å². The number of benzene rings is 2. The third kappa shape index (κ3) is 5.29. The zero-order chi connectivity index (χ0) is 20.8. The van der Waals surface area contributed by atoms with Crippen LogP contribution in [0.4, 0.5) is 9.18 Å². The number of piperazine rings is 1. The molecule has 2 aromatic rings. The predicted molar refractivity (Wildman–Crippen MR) is 114 cm³/mol. The Morgan fingerprint density at radius 1 is 1.03 bits per heavy atom. The van der Waals surface area contributed by atoms with Gasteiger partial charge in [-0.3, -0.25) is 4.79 Å². The minimum absolute atomic E-state index is 0.0729. The summed E-state index contributed by atoms with van der Waals surface area (Å²) in [6.45, 7) is 5.69. The number of rotatable bonds is 5. The van der Waals surface area contributed by atoms with Gasteiger partial charge in [-0.2, -0.15) is 0 Å². The van der Waals surface area contributed by atoms with Gasteiger partial charge >= 0.3 is 6.03 Å². The molecule has 1 N–H and O–H groups in total. The number of halogens is 1. The first kappa shape index (κ1) is 21.2. The topological polar surface area (TPSA) is 52.7 Å². The fourth-order valence-electron chi connectivity index (χ4n) is 3.30. The van der Waals surface area contributed by atoms with Crippen LogP contribution in [0.25, 0.3) is 0 Å². The van der Waals surface area contributed by atoms with Crippen molar-refractivity contribution in [1.82, 2.24) is 15.1 Å². The SMILES string of the molecule is CCSc1ccc(C(C)NC(=O)N2CCN(C(=O)c3ccccc3F)CC2)cc1. The highest BCUT2D eigenvalue weighted by Crippen LogP contribution is 2.21. The van der Waals surface area contributed by atoms with Crippen LogP contribution in [0.2, 0.25) is 0 Å². The number of urea groups is 1. The maximum atomic E-state index is 13.8. The number of thioether (sulfide) groups is 1. The van der Waals surface area contributed by atoms with E-state index in [1.54, 1.807) is 33.7 Å².